The van der Waals surface area contributed by atoms with Crippen LogP contribution in [0.4, 0.5) is 0 Å². The second-order valence-electron chi connectivity index (χ2n) is 6.95. The number of aryl methyl sites for hydroxylation is 3. The zero-order valence-corrected chi connectivity index (χ0v) is 15.0. The Morgan fingerprint density at radius 1 is 1.15 bits per heavy atom. The van der Waals surface area contributed by atoms with Crippen LogP contribution in [0.15, 0.2) is 55.1 Å². The maximum atomic E-state index is 4.96. The first-order chi connectivity index (χ1) is 13.4. The predicted octanol–water partition coefficient (Wildman–Crippen LogP) is 2.84. The molecular formula is C20H21N7. The first-order valence-electron chi connectivity index (χ1n) is 9.35. The molecule has 0 fully saturated rings. The number of aromatic amines is 1. The third-order valence-corrected chi connectivity index (χ3v) is 5.19. The van der Waals surface area contributed by atoms with Gasteiger partial charge in [-0.15, -0.1) is 0 Å². The second kappa shape index (κ2) is 6.83. The summed E-state index contributed by atoms with van der Waals surface area (Å²) < 4.78 is 4.18. The van der Waals surface area contributed by atoms with Crippen molar-refractivity contribution < 1.29 is 0 Å². The maximum absolute atomic E-state index is 4.96. The fraction of sp³-hybridized carbons (Fsp3) is 0.300. The molecule has 0 saturated carbocycles. The lowest BCUT2D eigenvalue weighted by Gasteiger charge is -2.23. The summed E-state index contributed by atoms with van der Waals surface area (Å²) in [7, 11) is 0. The molecule has 0 aliphatic carbocycles. The number of nitrogens with one attached hydrogen (secondary N) is 1. The van der Waals surface area contributed by atoms with Gasteiger partial charge in [0.2, 0.25) is 0 Å². The van der Waals surface area contributed by atoms with E-state index in [1.54, 1.807) is 6.33 Å². The molecular weight excluding hydrogens is 338 g/mol. The van der Waals surface area contributed by atoms with Crippen molar-refractivity contribution in [3.05, 3.63) is 72.3 Å². The van der Waals surface area contributed by atoms with Gasteiger partial charge in [0, 0.05) is 54.8 Å². The normalized spacial score (nSPS) is 16.4. The molecule has 1 atom stereocenters. The third-order valence-electron chi connectivity index (χ3n) is 5.19. The highest BCUT2D eigenvalue weighted by Gasteiger charge is 2.26. The largest absolute Gasteiger partial charge is 0.348 e. The van der Waals surface area contributed by atoms with Crippen LogP contribution in [0.25, 0.3) is 11.4 Å². The zero-order chi connectivity index (χ0) is 18.1. The SMILES string of the molecule is c1ccc(-c2nc(C3CCn4nccc4C3)n(CCc3cnc[nH]3)n2)cc1. The van der Waals surface area contributed by atoms with E-state index in [1.807, 2.05) is 30.6 Å². The van der Waals surface area contributed by atoms with Crippen LogP contribution in [0.1, 0.15) is 29.6 Å². The average molecular weight is 359 g/mol. The van der Waals surface area contributed by atoms with Crippen molar-refractivity contribution in [2.45, 2.75) is 38.3 Å². The first-order valence-corrected chi connectivity index (χ1v) is 9.35. The van der Waals surface area contributed by atoms with E-state index in [-0.39, 0.29) is 0 Å². The molecule has 0 bridgehead atoms. The average Bonchev–Trinajstić information content (AvgIpc) is 3.46. The molecule has 0 radical (unpaired) electrons. The summed E-state index contributed by atoms with van der Waals surface area (Å²) in [5.74, 6) is 2.23. The highest BCUT2D eigenvalue weighted by Crippen LogP contribution is 2.29. The van der Waals surface area contributed by atoms with Gasteiger partial charge in [-0.2, -0.15) is 10.2 Å². The van der Waals surface area contributed by atoms with Gasteiger partial charge in [-0.05, 0) is 18.9 Å². The highest BCUT2D eigenvalue weighted by molar-refractivity contribution is 5.54. The van der Waals surface area contributed by atoms with Crippen LogP contribution in [0.2, 0.25) is 0 Å². The van der Waals surface area contributed by atoms with Crippen molar-refractivity contribution >= 4 is 0 Å². The molecule has 1 unspecified atom stereocenters. The molecule has 136 valence electrons. The molecule has 27 heavy (non-hydrogen) atoms. The Morgan fingerprint density at radius 2 is 2.07 bits per heavy atom. The van der Waals surface area contributed by atoms with Crippen molar-refractivity contribution in [1.82, 2.24) is 34.5 Å². The number of hydrogen-bond donors (Lipinski definition) is 1. The molecule has 1 aliphatic heterocycles. The van der Waals surface area contributed by atoms with E-state index in [1.165, 1.54) is 5.69 Å². The number of H-pyrrole nitrogens is 1. The van der Waals surface area contributed by atoms with Crippen LogP contribution < -0.4 is 0 Å². The number of nitrogens with zero attached hydrogens (tertiary/aromatic N) is 6. The number of rotatable bonds is 5. The molecule has 5 rings (SSSR count). The van der Waals surface area contributed by atoms with Crippen LogP contribution in [0.5, 0.6) is 0 Å². The number of imidazole rings is 1. The van der Waals surface area contributed by atoms with E-state index in [2.05, 4.69) is 42.6 Å². The molecule has 1 N–H and O–H groups in total. The lowest BCUT2D eigenvalue weighted by atomic mass is 9.95. The smallest absolute Gasteiger partial charge is 0.181 e. The van der Waals surface area contributed by atoms with Crippen molar-refractivity contribution in [1.29, 1.82) is 0 Å². The van der Waals surface area contributed by atoms with E-state index in [0.717, 1.165) is 55.3 Å². The summed E-state index contributed by atoms with van der Waals surface area (Å²) in [5, 5.41) is 9.24. The van der Waals surface area contributed by atoms with Crippen molar-refractivity contribution in [2.24, 2.45) is 0 Å². The minimum Gasteiger partial charge on any atom is -0.348 e. The molecule has 0 saturated heterocycles. The Morgan fingerprint density at radius 3 is 2.93 bits per heavy atom. The molecule has 7 heteroatoms. The van der Waals surface area contributed by atoms with Gasteiger partial charge in [0.15, 0.2) is 5.82 Å². The van der Waals surface area contributed by atoms with Gasteiger partial charge in [-0.25, -0.2) is 14.6 Å². The highest BCUT2D eigenvalue weighted by atomic mass is 15.4. The zero-order valence-electron chi connectivity index (χ0n) is 15.0. The minimum atomic E-state index is 0.362. The van der Waals surface area contributed by atoms with E-state index in [0.29, 0.717) is 5.92 Å². The van der Waals surface area contributed by atoms with Crippen LogP contribution >= 0.6 is 0 Å². The third kappa shape index (κ3) is 3.16. The first kappa shape index (κ1) is 16.0. The summed E-state index contributed by atoms with van der Waals surface area (Å²) in [5.41, 5.74) is 3.44. The summed E-state index contributed by atoms with van der Waals surface area (Å²) >= 11 is 0. The lowest BCUT2D eigenvalue weighted by molar-refractivity contribution is 0.409. The Kier molecular flexibility index (Phi) is 4.04. The summed E-state index contributed by atoms with van der Waals surface area (Å²) in [6.07, 6.45) is 8.32. The Labute approximate surface area is 157 Å². The molecule has 4 aromatic rings. The molecule has 0 spiro atoms. The Balaban J connectivity index is 1.47. The monoisotopic (exact) mass is 359 g/mol. The number of fused-ring (bicyclic) bond motifs is 1. The van der Waals surface area contributed by atoms with Crippen molar-refractivity contribution in [3.8, 4) is 11.4 Å². The van der Waals surface area contributed by atoms with E-state index >= 15 is 0 Å². The Bertz CT molecular complexity index is 1010. The standard InChI is InChI=1S/C20H21N7/c1-2-4-15(5-3-1)19-24-20(16-7-10-26-18(12-16)6-9-23-26)27(25-19)11-8-17-13-21-14-22-17/h1-6,9,13-14,16H,7-8,10-12H2,(H,21,22). The van der Waals surface area contributed by atoms with Gasteiger partial charge in [-0.3, -0.25) is 4.68 Å². The molecule has 0 amide bonds. The predicted molar refractivity (Wildman–Crippen MR) is 101 cm³/mol. The van der Waals surface area contributed by atoms with Gasteiger partial charge in [0.1, 0.15) is 5.82 Å². The van der Waals surface area contributed by atoms with Crippen LogP contribution in [0, 0.1) is 0 Å². The van der Waals surface area contributed by atoms with Crippen molar-refractivity contribution in [3.63, 3.8) is 0 Å². The molecule has 1 aromatic carbocycles. The van der Waals surface area contributed by atoms with Crippen LogP contribution in [-0.4, -0.2) is 34.5 Å². The second-order valence-corrected chi connectivity index (χ2v) is 6.95. The maximum Gasteiger partial charge on any atom is 0.181 e. The minimum absolute atomic E-state index is 0.362. The fourth-order valence-corrected chi connectivity index (χ4v) is 3.77. The molecule has 1 aliphatic rings. The number of hydrogen-bond acceptors (Lipinski definition) is 4. The fourth-order valence-electron chi connectivity index (χ4n) is 3.77. The lowest BCUT2D eigenvalue weighted by Crippen LogP contribution is -2.22. The van der Waals surface area contributed by atoms with E-state index < -0.39 is 0 Å². The van der Waals surface area contributed by atoms with E-state index in [9.17, 15) is 0 Å². The van der Waals surface area contributed by atoms with Gasteiger partial charge >= 0.3 is 0 Å². The van der Waals surface area contributed by atoms with Gasteiger partial charge < -0.3 is 4.98 Å². The summed E-state index contributed by atoms with van der Waals surface area (Å²) in [6, 6.07) is 12.3. The summed E-state index contributed by atoms with van der Waals surface area (Å²) in [4.78, 5) is 12.2. The van der Waals surface area contributed by atoms with Gasteiger partial charge in [0.05, 0.1) is 6.33 Å². The van der Waals surface area contributed by atoms with Crippen LogP contribution in [0.3, 0.4) is 0 Å². The summed E-state index contributed by atoms with van der Waals surface area (Å²) in [6.45, 7) is 1.72. The molecule has 4 heterocycles. The quantitative estimate of drug-likeness (QED) is 0.594. The topological polar surface area (TPSA) is 77.2 Å². The van der Waals surface area contributed by atoms with Crippen molar-refractivity contribution in [2.75, 3.05) is 0 Å². The molecule has 3 aromatic heterocycles. The number of benzene rings is 1. The van der Waals surface area contributed by atoms with Gasteiger partial charge in [0.25, 0.3) is 0 Å². The molecule has 7 nitrogen and oxygen atoms in total. The van der Waals surface area contributed by atoms with Gasteiger partial charge in [-0.1, -0.05) is 30.3 Å². The Hall–Kier alpha value is -3.22. The number of aromatic nitrogens is 7. The van der Waals surface area contributed by atoms with Crippen LogP contribution in [-0.2, 0) is 25.9 Å². The van der Waals surface area contributed by atoms with E-state index in [4.69, 9.17) is 10.1 Å².